The van der Waals surface area contributed by atoms with Gasteiger partial charge in [-0.15, -0.1) is 0 Å². The summed E-state index contributed by atoms with van der Waals surface area (Å²) in [6, 6.07) is 0. The molecule has 6 heteroatoms. The normalized spacial score (nSPS) is 10.7. The van der Waals surface area contributed by atoms with E-state index in [2.05, 4.69) is 4.98 Å². The molecule has 0 saturated carbocycles. The largest absolute Gasteiger partial charge is 0.274 e. The first-order valence-corrected chi connectivity index (χ1v) is 3.96. The van der Waals surface area contributed by atoms with Gasteiger partial charge in [-0.1, -0.05) is 0 Å². The van der Waals surface area contributed by atoms with E-state index in [1.54, 1.807) is 0 Å². The molecule has 1 rings (SSSR count). The smallest absolute Gasteiger partial charge is 0.273 e. The number of hydrogen-bond donors (Lipinski definition) is 0. The highest BCUT2D eigenvalue weighted by Crippen LogP contribution is 2.24. The summed E-state index contributed by atoms with van der Waals surface area (Å²) in [5.74, 6) is -1.09. The van der Waals surface area contributed by atoms with Crippen molar-refractivity contribution in [3.63, 3.8) is 0 Å². The third-order valence-electron chi connectivity index (χ3n) is 1.72. The predicted octanol–water partition coefficient (Wildman–Crippen LogP) is 2.85. The highest BCUT2D eigenvalue weighted by atomic mass is 35.5. The zero-order chi connectivity index (χ0) is 10.9. The van der Waals surface area contributed by atoms with Crippen molar-refractivity contribution in [2.45, 2.75) is 13.3 Å². The Balaban J connectivity index is 3.33. The number of alkyl halides is 2. The molecule has 1 aromatic rings. The molecule has 1 heterocycles. The minimum absolute atomic E-state index is 0.306. The summed E-state index contributed by atoms with van der Waals surface area (Å²) in [6.07, 6.45) is -2.07. The van der Waals surface area contributed by atoms with Crippen LogP contribution in [0.25, 0.3) is 0 Å². The van der Waals surface area contributed by atoms with E-state index in [1.165, 1.54) is 0 Å². The van der Waals surface area contributed by atoms with Crippen molar-refractivity contribution in [2.24, 2.45) is 0 Å². The van der Waals surface area contributed by atoms with Gasteiger partial charge >= 0.3 is 0 Å². The summed E-state index contributed by atoms with van der Waals surface area (Å²) in [7, 11) is 0. The molecule has 0 aliphatic rings. The average molecular weight is 224 g/mol. The van der Waals surface area contributed by atoms with Crippen molar-refractivity contribution in [1.82, 2.24) is 4.98 Å². The number of halogens is 4. The number of nitrogens with zero attached hydrogens (tertiary/aromatic N) is 1. The zero-order valence-electron chi connectivity index (χ0n) is 7.02. The number of carbonyl (C=O) groups excluding carboxylic acids is 1. The lowest BCUT2D eigenvalue weighted by Gasteiger charge is -2.06. The molecule has 0 spiro atoms. The molecule has 0 aromatic carbocycles. The van der Waals surface area contributed by atoms with Gasteiger partial charge < -0.3 is 0 Å². The van der Waals surface area contributed by atoms with Gasteiger partial charge in [-0.25, -0.2) is 18.2 Å². The molecule has 0 unspecified atom stereocenters. The fourth-order valence-electron chi connectivity index (χ4n) is 0.949. The van der Waals surface area contributed by atoms with Crippen molar-refractivity contribution < 1.29 is 18.0 Å². The maximum atomic E-state index is 13.2. The van der Waals surface area contributed by atoms with E-state index < -0.39 is 28.7 Å². The molecule has 14 heavy (non-hydrogen) atoms. The Bertz CT molecular complexity index is 381. The molecule has 0 aliphatic carbocycles. The molecule has 0 radical (unpaired) electrons. The van der Waals surface area contributed by atoms with E-state index in [4.69, 9.17) is 11.6 Å². The second kappa shape index (κ2) is 3.96. The van der Waals surface area contributed by atoms with Crippen molar-refractivity contribution in [2.75, 3.05) is 0 Å². The molecule has 0 bridgehead atoms. The standard InChI is InChI=1S/C8H5ClF3NO/c1-3-4(8(11)12)2-13-6(5(3)10)7(9)14/h2,8H,1H3. The first kappa shape index (κ1) is 11.0. The van der Waals surface area contributed by atoms with Gasteiger partial charge in [0.2, 0.25) is 0 Å². The van der Waals surface area contributed by atoms with Crippen molar-refractivity contribution in [3.05, 3.63) is 28.8 Å². The van der Waals surface area contributed by atoms with Gasteiger partial charge in [0.25, 0.3) is 11.7 Å². The van der Waals surface area contributed by atoms with Crippen LogP contribution in [0.15, 0.2) is 6.20 Å². The van der Waals surface area contributed by atoms with Gasteiger partial charge in [0.05, 0.1) is 0 Å². The lowest BCUT2D eigenvalue weighted by atomic mass is 10.1. The summed E-state index contributed by atoms with van der Waals surface area (Å²) in [5, 5.41) is -1.11. The Kier molecular flexibility index (Phi) is 3.10. The van der Waals surface area contributed by atoms with E-state index in [0.29, 0.717) is 0 Å². The summed E-state index contributed by atoms with van der Waals surface area (Å²) in [6.45, 7) is 1.14. The van der Waals surface area contributed by atoms with Gasteiger partial charge in [-0.3, -0.25) is 4.79 Å². The van der Waals surface area contributed by atoms with Gasteiger partial charge in [0, 0.05) is 11.8 Å². The summed E-state index contributed by atoms with van der Waals surface area (Å²) in [5.41, 5.74) is -1.48. The van der Waals surface area contributed by atoms with Crippen LogP contribution in [0.1, 0.15) is 28.0 Å². The molecule has 0 atom stereocenters. The fraction of sp³-hybridized carbons (Fsp3) is 0.250. The summed E-state index contributed by atoms with van der Waals surface area (Å²) >= 11 is 4.98. The molecule has 0 N–H and O–H groups in total. The highest BCUT2D eigenvalue weighted by molar-refractivity contribution is 6.67. The van der Waals surface area contributed by atoms with Crippen LogP contribution in [-0.4, -0.2) is 10.2 Å². The van der Waals surface area contributed by atoms with Crippen LogP contribution in [-0.2, 0) is 0 Å². The van der Waals surface area contributed by atoms with Crippen LogP contribution < -0.4 is 0 Å². The fourth-order valence-corrected chi connectivity index (χ4v) is 1.08. The van der Waals surface area contributed by atoms with E-state index in [0.717, 1.165) is 13.1 Å². The Labute approximate surface area is 82.7 Å². The number of aromatic nitrogens is 1. The van der Waals surface area contributed by atoms with Gasteiger partial charge in [-0.05, 0) is 24.1 Å². The summed E-state index contributed by atoms with van der Waals surface area (Å²) in [4.78, 5) is 13.8. The minimum Gasteiger partial charge on any atom is -0.274 e. The first-order chi connectivity index (χ1) is 6.45. The first-order valence-electron chi connectivity index (χ1n) is 3.58. The molecule has 2 nitrogen and oxygen atoms in total. The monoisotopic (exact) mass is 223 g/mol. The predicted molar refractivity (Wildman–Crippen MR) is 44.1 cm³/mol. The third kappa shape index (κ3) is 1.87. The Morgan fingerprint density at radius 3 is 2.57 bits per heavy atom. The Hall–Kier alpha value is -1.10. The maximum absolute atomic E-state index is 13.2. The topological polar surface area (TPSA) is 30.0 Å². The van der Waals surface area contributed by atoms with E-state index in [1.807, 2.05) is 0 Å². The SMILES string of the molecule is Cc1c(C(F)F)cnc(C(=O)Cl)c1F. The molecule has 76 valence electrons. The Morgan fingerprint density at radius 1 is 1.57 bits per heavy atom. The van der Waals surface area contributed by atoms with Crippen LogP contribution in [0.3, 0.4) is 0 Å². The maximum Gasteiger partial charge on any atom is 0.273 e. The van der Waals surface area contributed by atoms with Crippen LogP contribution in [0.2, 0.25) is 0 Å². The lowest BCUT2D eigenvalue weighted by molar-refractivity contribution is 0.107. The number of rotatable bonds is 2. The van der Waals surface area contributed by atoms with E-state index >= 15 is 0 Å². The average Bonchev–Trinajstić information content (AvgIpc) is 2.08. The molecule has 0 amide bonds. The third-order valence-corrected chi connectivity index (χ3v) is 1.90. The molecule has 1 aromatic heterocycles. The van der Waals surface area contributed by atoms with Crippen LogP contribution >= 0.6 is 11.6 Å². The van der Waals surface area contributed by atoms with Crippen LogP contribution in [0.5, 0.6) is 0 Å². The van der Waals surface area contributed by atoms with Crippen molar-refractivity contribution >= 4 is 16.8 Å². The molecular formula is C8H5ClF3NO. The molecule has 0 aliphatic heterocycles. The second-order valence-corrected chi connectivity index (χ2v) is 2.92. The Morgan fingerprint density at radius 2 is 2.14 bits per heavy atom. The number of carbonyl (C=O) groups is 1. The van der Waals surface area contributed by atoms with Crippen LogP contribution in [0, 0.1) is 12.7 Å². The molecule has 0 fully saturated rings. The molecular weight excluding hydrogens is 219 g/mol. The lowest BCUT2D eigenvalue weighted by Crippen LogP contribution is -2.04. The van der Waals surface area contributed by atoms with Gasteiger partial charge in [0.1, 0.15) is 0 Å². The van der Waals surface area contributed by atoms with Crippen molar-refractivity contribution in [1.29, 1.82) is 0 Å². The molecule has 0 saturated heterocycles. The van der Waals surface area contributed by atoms with Gasteiger partial charge in [-0.2, -0.15) is 0 Å². The second-order valence-electron chi connectivity index (χ2n) is 2.58. The van der Waals surface area contributed by atoms with Crippen LogP contribution in [0.4, 0.5) is 13.2 Å². The van der Waals surface area contributed by atoms with E-state index in [-0.39, 0.29) is 5.56 Å². The van der Waals surface area contributed by atoms with E-state index in [9.17, 15) is 18.0 Å². The summed E-state index contributed by atoms with van der Waals surface area (Å²) < 4.78 is 37.6. The van der Waals surface area contributed by atoms with Gasteiger partial charge in [0.15, 0.2) is 11.5 Å². The highest BCUT2D eigenvalue weighted by Gasteiger charge is 2.20. The number of hydrogen-bond acceptors (Lipinski definition) is 2. The zero-order valence-corrected chi connectivity index (χ0v) is 7.78. The van der Waals surface area contributed by atoms with Crippen molar-refractivity contribution in [3.8, 4) is 0 Å². The number of pyridine rings is 1. The minimum atomic E-state index is -2.82. The quantitative estimate of drug-likeness (QED) is 0.722.